The van der Waals surface area contributed by atoms with Crippen molar-refractivity contribution < 1.29 is 14.1 Å². The van der Waals surface area contributed by atoms with Crippen molar-refractivity contribution in [3.8, 4) is 5.75 Å². The van der Waals surface area contributed by atoms with Crippen molar-refractivity contribution in [1.29, 1.82) is 0 Å². The zero-order chi connectivity index (χ0) is 15.4. The normalized spacial score (nSPS) is 10.4. The van der Waals surface area contributed by atoms with Crippen LogP contribution in [0, 0.1) is 15.9 Å². The standard InChI is InChI=1S/C14H12BrFN2O3/c15-11-2-3-12(16)10(6-11)8-21-14-4-1-9(7-17)5-13(14)18(19)20/h1-6H,7-8,17H2. The molecule has 2 aromatic rings. The van der Waals surface area contributed by atoms with Gasteiger partial charge in [-0.2, -0.15) is 0 Å². The highest BCUT2D eigenvalue weighted by atomic mass is 79.9. The van der Waals surface area contributed by atoms with E-state index in [0.29, 0.717) is 15.6 Å². The van der Waals surface area contributed by atoms with E-state index in [1.54, 1.807) is 18.2 Å². The lowest BCUT2D eigenvalue weighted by Crippen LogP contribution is -2.03. The topological polar surface area (TPSA) is 78.4 Å². The van der Waals surface area contributed by atoms with Gasteiger partial charge in [0.1, 0.15) is 12.4 Å². The van der Waals surface area contributed by atoms with Crippen LogP contribution in [-0.2, 0) is 13.2 Å². The molecular formula is C14H12BrFN2O3. The molecule has 0 spiro atoms. The molecule has 0 amide bonds. The largest absolute Gasteiger partial charge is 0.482 e. The summed E-state index contributed by atoms with van der Waals surface area (Å²) >= 11 is 3.23. The van der Waals surface area contributed by atoms with Gasteiger partial charge in [0.15, 0.2) is 5.75 Å². The van der Waals surface area contributed by atoms with E-state index < -0.39 is 10.7 Å². The highest BCUT2D eigenvalue weighted by Gasteiger charge is 2.16. The van der Waals surface area contributed by atoms with Crippen LogP contribution in [0.1, 0.15) is 11.1 Å². The van der Waals surface area contributed by atoms with Crippen LogP contribution in [0.15, 0.2) is 40.9 Å². The second-order valence-electron chi connectivity index (χ2n) is 4.29. The van der Waals surface area contributed by atoms with Gasteiger partial charge in [-0.1, -0.05) is 22.0 Å². The quantitative estimate of drug-likeness (QED) is 0.657. The molecule has 0 bridgehead atoms. The number of nitrogens with two attached hydrogens (primary N) is 1. The summed E-state index contributed by atoms with van der Waals surface area (Å²) in [5, 5.41) is 11.0. The van der Waals surface area contributed by atoms with Gasteiger partial charge in [0.2, 0.25) is 0 Å². The molecule has 0 aliphatic rings. The maximum Gasteiger partial charge on any atom is 0.311 e. The van der Waals surface area contributed by atoms with Crippen LogP contribution in [0.3, 0.4) is 0 Å². The Bertz CT molecular complexity index is 679. The van der Waals surface area contributed by atoms with E-state index in [1.807, 2.05) is 0 Å². The zero-order valence-electron chi connectivity index (χ0n) is 10.9. The van der Waals surface area contributed by atoms with Gasteiger partial charge in [-0.05, 0) is 29.8 Å². The number of hydrogen-bond acceptors (Lipinski definition) is 4. The lowest BCUT2D eigenvalue weighted by atomic mass is 10.2. The predicted molar refractivity (Wildman–Crippen MR) is 79.4 cm³/mol. The Balaban J connectivity index is 2.23. The molecule has 0 heterocycles. The first-order valence-corrected chi connectivity index (χ1v) is 6.84. The minimum atomic E-state index is -0.550. The maximum absolute atomic E-state index is 13.6. The van der Waals surface area contributed by atoms with Crippen LogP contribution in [0.2, 0.25) is 0 Å². The van der Waals surface area contributed by atoms with Crippen LogP contribution >= 0.6 is 15.9 Å². The molecule has 21 heavy (non-hydrogen) atoms. The lowest BCUT2D eigenvalue weighted by molar-refractivity contribution is -0.386. The first-order valence-electron chi connectivity index (χ1n) is 6.05. The molecule has 5 nitrogen and oxygen atoms in total. The number of ether oxygens (including phenoxy) is 1. The van der Waals surface area contributed by atoms with E-state index in [-0.39, 0.29) is 24.6 Å². The fourth-order valence-corrected chi connectivity index (χ4v) is 2.17. The first-order chi connectivity index (χ1) is 10.0. The highest BCUT2D eigenvalue weighted by Crippen LogP contribution is 2.29. The Morgan fingerprint density at radius 1 is 1.29 bits per heavy atom. The first kappa shape index (κ1) is 15.4. The van der Waals surface area contributed by atoms with Crippen molar-refractivity contribution in [3.63, 3.8) is 0 Å². The lowest BCUT2D eigenvalue weighted by Gasteiger charge is -2.09. The fraction of sp³-hybridized carbons (Fsp3) is 0.143. The van der Waals surface area contributed by atoms with Crippen molar-refractivity contribution >= 4 is 21.6 Å². The molecule has 0 saturated heterocycles. The molecule has 0 unspecified atom stereocenters. The minimum absolute atomic E-state index is 0.0802. The Hall–Kier alpha value is -1.99. The van der Waals surface area contributed by atoms with E-state index >= 15 is 0 Å². The molecule has 0 aromatic heterocycles. The Kier molecular flexibility index (Phi) is 4.87. The van der Waals surface area contributed by atoms with Gasteiger partial charge in [-0.15, -0.1) is 0 Å². The highest BCUT2D eigenvalue weighted by molar-refractivity contribution is 9.10. The third kappa shape index (κ3) is 3.77. The van der Waals surface area contributed by atoms with Crippen molar-refractivity contribution in [2.24, 2.45) is 5.73 Å². The van der Waals surface area contributed by atoms with Crippen LogP contribution in [0.25, 0.3) is 0 Å². The molecule has 0 aliphatic carbocycles. The Labute approximate surface area is 128 Å². The summed E-state index contributed by atoms with van der Waals surface area (Å²) in [5.41, 5.74) is 6.20. The minimum Gasteiger partial charge on any atom is -0.482 e. The van der Waals surface area contributed by atoms with Gasteiger partial charge in [0.05, 0.1) is 4.92 Å². The summed E-state index contributed by atoms with van der Waals surface area (Å²) in [7, 11) is 0. The van der Waals surface area contributed by atoms with E-state index in [4.69, 9.17) is 10.5 Å². The summed E-state index contributed by atoms with van der Waals surface area (Å²) in [6, 6.07) is 8.89. The summed E-state index contributed by atoms with van der Waals surface area (Å²) in [4.78, 5) is 10.5. The van der Waals surface area contributed by atoms with Crippen molar-refractivity contribution in [3.05, 3.63) is 67.9 Å². The van der Waals surface area contributed by atoms with Crippen LogP contribution in [-0.4, -0.2) is 4.92 Å². The monoisotopic (exact) mass is 354 g/mol. The van der Waals surface area contributed by atoms with Crippen molar-refractivity contribution in [1.82, 2.24) is 0 Å². The molecule has 0 radical (unpaired) electrons. The zero-order valence-corrected chi connectivity index (χ0v) is 12.5. The van der Waals surface area contributed by atoms with E-state index in [2.05, 4.69) is 15.9 Å². The molecule has 2 rings (SSSR count). The van der Waals surface area contributed by atoms with Crippen molar-refractivity contribution in [2.75, 3.05) is 0 Å². The predicted octanol–water partition coefficient (Wildman–Crippen LogP) is 3.53. The van der Waals surface area contributed by atoms with Crippen LogP contribution in [0.5, 0.6) is 5.75 Å². The second-order valence-corrected chi connectivity index (χ2v) is 5.20. The number of hydrogen-bond donors (Lipinski definition) is 1. The molecule has 7 heteroatoms. The van der Waals surface area contributed by atoms with Gasteiger partial charge in [0.25, 0.3) is 0 Å². The molecular weight excluding hydrogens is 343 g/mol. The summed E-state index contributed by atoms with van der Waals surface area (Å²) in [5.74, 6) is -0.351. The average Bonchev–Trinajstić information content (AvgIpc) is 2.48. The summed E-state index contributed by atoms with van der Waals surface area (Å²) in [6.07, 6.45) is 0. The molecule has 0 fully saturated rings. The molecule has 110 valence electrons. The number of nitro groups is 1. The summed E-state index contributed by atoms with van der Waals surface area (Å²) in [6.45, 7) is 0.0927. The molecule has 0 atom stereocenters. The Morgan fingerprint density at radius 2 is 2.05 bits per heavy atom. The fourth-order valence-electron chi connectivity index (χ4n) is 1.76. The van der Waals surface area contributed by atoms with Gasteiger partial charge in [0, 0.05) is 22.6 Å². The van der Waals surface area contributed by atoms with Gasteiger partial charge in [-0.25, -0.2) is 4.39 Å². The molecule has 0 aliphatic heterocycles. The van der Waals surface area contributed by atoms with Gasteiger partial charge in [-0.3, -0.25) is 10.1 Å². The van der Waals surface area contributed by atoms with Gasteiger partial charge >= 0.3 is 5.69 Å². The number of halogens is 2. The average molecular weight is 355 g/mol. The Morgan fingerprint density at radius 3 is 2.71 bits per heavy atom. The third-order valence-corrected chi connectivity index (χ3v) is 3.34. The van der Waals surface area contributed by atoms with Crippen LogP contribution in [0.4, 0.5) is 10.1 Å². The molecule has 2 N–H and O–H groups in total. The molecule has 2 aromatic carbocycles. The smallest absolute Gasteiger partial charge is 0.311 e. The third-order valence-electron chi connectivity index (χ3n) is 2.85. The maximum atomic E-state index is 13.6. The molecule has 0 saturated carbocycles. The van der Waals surface area contributed by atoms with Crippen molar-refractivity contribution in [2.45, 2.75) is 13.2 Å². The van der Waals surface area contributed by atoms with Gasteiger partial charge < -0.3 is 10.5 Å². The number of rotatable bonds is 5. The summed E-state index contributed by atoms with van der Waals surface area (Å²) < 4.78 is 19.7. The van der Waals surface area contributed by atoms with Crippen LogP contribution < -0.4 is 10.5 Å². The number of benzene rings is 2. The second kappa shape index (κ2) is 6.64. The van der Waals surface area contributed by atoms with E-state index in [9.17, 15) is 14.5 Å². The van der Waals surface area contributed by atoms with E-state index in [0.717, 1.165) is 0 Å². The number of nitrogens with zero attached hydrogens (tertiary/aromatic N) is 1. The SMILES string of the molecule is NCc1ccc(OCc2cc(Br)ccc2F)c([N+](=O)[O-])c1. The van der Waals surface area contributed by atoms with E-state index in [1.165, 1.54) is 18.2 Å². The number of nitro benzene ring substituents is 1.